The second-order valence-electron chi connectivity index (χ2n) is 6.28. The van der Waals surface area contributed by atoms with Crippen LogP contribution in [0.15, 0.2) is 77.2 Å². The van der Waals surface area contributed by atoms with Crippen LogP contribution in [-0.2, 0) is 0 Å². The standard InChI is InChI=1S/C22H17FN4O3/c1-29-19-12-11-17(13-18(19)23)25-22(28)24-16-9-7-15(8-10-16)21-27-26-20(30-21)14-5-3-2-4-6-14/h2-13H,1H3,(H2,24,25,28). The molecule has 0 aliphatic rings. The van der Waals surface area contributed by atoms with Gasteiger partial charge in [-0.1, -0.05) is 18.2 Å². The van der Waals surface area contributed by atoms with E-state index >= 15 is 0 Å². The van der Waals surface area contributed by atoms with Crippen LogP contribution in [0, 0.1) is 5.82 Å². The van der Waals surface area contributed by atoms with Gasteiger partial charge in [-0.3, -0.25) is 0 Å². The summed E-state index contributed by atoms with van der Waals surface area (Å²) in [5, 5.41) is 13.4. The van der Waals surface area contributed by atoms with Gasteiger partial charge < -0.3 is 19.8 Å². The summed E-state index contributed by atoms with van der Waals surface area (Å²) in [6.45, 7) is 0. The molecule has 0 radical (unpaired) electrons. The highest BCUT2D eigenvalue weighted by Crippen LogP contribution is 2.25. The number of methoxy groups -OCH3 is 1. The first kappa shape index (κ1) is 19.1. The van der Waals surface area contributed by atoms with Crippen LogP contribution in [0.25, 0.3) is 22.9 Å². The maximum atomic E-state index is 13.7. The first-order valence-corrected chi connectivity index (χ1v) is 9.03. The lowest BCUT2D eigenvalue weighted by molar-refractivity contribution is 0.262. The van der Waals surface area contributed by atoms with Gasteiger partial charge >= 0.3 is 6.03 Å². The topological polar surface area (TPSA) is 89.3 Å². The molecule has 1 aromatic heterocycles. The molecule has 0 aliphatic heterocycles. The predicted molar refractivity (Wildman–Crippen MR) is 111 cm³/mol. The highest BCUT2D eigenvalue weighted by atomic mass is 19.1. The number of carbonyl (C=O) groups excluding carboxylic acids is 1. The van der Waals surface area contributed by atoms with E-state index in [0.29, 0.717) is 28.7 Å². The van der Waals surface area contributed by atoms with Gasteiger partial charge in [-0.25, -0.2) is 9.18 Å². The number of hydrogen-bond donors (Lipinski definition) is 2. The largest absolute Gasteiger partial charge is 0.494 e. The van der Waals surface area contributed by atoms with Crippen LogP contribution in [0.3, 0.4) is 0 Å². The number of rotatable bonds is 5. The third-order valence-electron chi connectivity index (χ3n) is 4.25. The van der Waals surface area contributed by atoms with Crippen LogP contribution in [0.4, 0.5) is 20.6 Å². The monoisotopic (exact) mass is 404 g/mol. The molecular weight excluding hydrogens is 387 g/mol. The summed E-state index contributed by atoms with van der Waals surface area (Å²) in [5.41, 5.74) is 2.41. The van der Waals surface area contributed by atoms with Gasteiger partial charge in [0, 0.05) is 28.6 Å². The zero-order chi connectivity index (χ0) is 20.9. The molecule has 0 atom stereocenters. The number of anilines is 2. The molecule has 7 nitrogen and oxygen atoms in total. The number of halogens is 1. The normalized spacial score (nSPS) is 10.5. The van der Waals surface area contributed by atoms with Crippen molar-refractivity contribution in [1.82, 2.24) is 10.2 Å². The van der Waals surface area contributed by atoms with Crippen molar-refractivity contribution >= 4 is 17.4 Å². The van der Waals surface area contributed by atoms with Crippen molar-refractivity contribution in [2.45, 2.75) is 0 Å². The molecule has 2 N–H and O–H groups in total. The van der Waals surface area contributed by atoms with Gasteiger partial charge in [-0.15, -0.1) is 10.2 Å². The minimum absolute atomic E-state index is 0.105. The zero-order valence-electron chi connectivity index (χ0n) is 15.9. The molecule has 0 fully saturated rings. The number of hydrogen-bond acceptors (Lipinski definition) is 5. The van der Waals surface area contributed by atoms with Crippen LogP contribution in [0.1, 0.15) is 0 Å². The summed E-state index contributed by atoms with van der Waals surface area (Å²) in [5.74, 6) is 0.347. The maximum Gasteiger partial charge on any atom is 0.323 e. The lowest BCUT2D eigenvalue weighted by Crippen LogP contribution is -2.19. The number of amides is 2. The fourth-order valence-corrected chi connectivity index (χ4v) is 2.77. The van der Waals surface area contributed by atoms with Gasteiger partial charge in [0.25, 0.3) is 0 Å². The van der Waals surface area contributed by atoms with Crippen LogP contribution in [-0.4, -0.2) is 23.3 Å². The SMILES string of the molecule is COc1ccc(NC(=O)Nc2ccc(-c3nnc(-c4ccccc4)o3)cc2)cc1F. The van der Waals surface area contributed by atoms with E-state index in [2.05, 4.69) is 20.8 Å². The molecule has 0 bridgehead atoms. The fraction of sp³-hybridized carbons (Fsp3) is 0.0455. The number of nitrogens with one attached hydrogen (secondary N) is 2. The molecule has 0 saturated carbocycles. The summed E-state index contributed by atoms with van der Waals surface area (Å²) in [6.07, 6.45) is 0. The van der Waals surface area contributed by atoms with Crippen molar-refractivity contribution in [3.05, 3.63) is 78.6 Å². The first-order valence-electron chi connectivity index (χ1n) is 9.03. The highest BCUT2D eigenvalue weighted by Gasteiger charge is 2.11. The van der Waals surface area contributed by atoms with Crippen LogP contribution >= 0.6 is 0 Å². The molecular formula is C22H17FN4O3. The Morgan fingerprint density at radius 1 is 0.867 bits per heavy atom. The molecule has 30 heavy (non-hydrogen) atoms. The van der Waals surface area contributed by atoms with Crippen molar-refractivity contribution < 1.29 is 18.3 Å². The van der Waals surface area contributed by atoms with Gasteiger partial charge in [0.2, 0.25) is 11.8 Å². The van der Waals surface area contributed by atoms with Gasteiger partial charge in [0.15, 0.2) is 11.6 Å². The molecule has 8 heteroatoms. The van der Waals surface area contributed by atoms with E-state index in [1.54, 1.807) is 30.3 Å². The molecule has 2 amide bonds. The van der Waals surface area contributed by atoms with E-state index in [9.17, 15) is 9.18 Å². The van der Waals surface area contributed by atoms with E-state index in [1.165, 1.54) is 19.2 Å². The summed E-state index contributed by atoms with van der Waals surface area (Å²) in [7, 11) is 1.37. The van der Waals surface area contributed by atoms with Crippen molar-refractivity contribution in [2.75, 3.05) is 17.7 Å². The molecule has 3 aromatic carbocycles. The molecule has 1 heterocycles. The van der Waals surface area contributed by atoms with Crippen molar-refractivity contribution in [2.24, 2.45) is 0 Å². The molecule has 150 valence electrons. The second kappa shape index (κ2) is 8.44. The number of benzene rings is 3. The minimum Gasteiger partial charge on any atom is -0.494 e. The Kier molecular flexibility index (Phi) is 5.38. The van der Waals surface area contributed by atoms with E-state index in [-0.39, 0.29) is 5.75 Å². The Balaban J connectivity index is 1.41. The zero-order valence-corrected chi connectivity index (χ0v) is 15.9. The summed E-state index contributed by atoms with van der Waals surface area (Å²) < 4.78 is 24.3. The maximum absolute atomic E-state index is 13.7. The predicted octanol–water partition coefficient (Wildman–Crippen LogP) is 5.20. The smallest absolute Gasteiger partial charge is 0.323 e. The van der Waals surface area contributed by atoms with Crippen LogP contribution in [0.5, 0.6) is 5.75 Å². The highest BCUT2D eigenvalue weighted by molar-refractivity contribution is 5.99. The Morgan fingerprint density at radius 3 is 2.10 bits per heavy atom. The molecule has 4 rings (SSSR count). The number of nitrogens with zero attached hydrogens (tertiary/aromatic N) is 2. The van der Waals surface area contributed by atoms with Gasteiger partial charge in [-0.2, -0.15) is 0 Å². The number of urea groups is 1. The van der Waals surface area contributed by atoms with Crippen molar-refractivity contribution in [3.63, 3.8) is 0 Å². The third kappa shape index (κ3) is 4.27. The molecule has 4 aromatic rings. The number of carbonyl (C=O) groups is 1. The summed E-state index contributed by atoms with van der Waals surface area (Å²) >= 11 is 0. The van der Waals surface area contributed by atoms with Crippen LogP contribution < -0.4 is 15.4 Å². The average Bonchev–Trinajstić information content (AvgIpc) is 3.25. The Labute approximate surface area is 171 Å². The van der Waals surface area contributed by atoms with Gasteiger partial charge in [0.05, 0.1) is 7.11 Å². The van der Waals surface area contributed by atoms with Crippen molar-refractivity contribution in [1.29, 1.82) is 0 Å². The average molecular weight is 404 g/mol. The lowest BCUT2D eigenvalue weighted by Gasteiger charge is -2.09. The van der Waals surface area contributed by atoms with E-state index in [4.69, 9.17) is 9.15 Å². The lowest BCUT2D eigenvalue weighted by atomic mass is 10.2. The third-order valence-corrected chi connectivity index (χ3v) is 4.25. The molecule has 0 unspecified atom stereocenters. The van der Waals surface area contributed by atoms with Gasteiger partial charge in [-0.05, 0) is 48.5 Å². The number of aromatic nitrogens is 2. The van der Waals surface area contributed by atoms with E-state index in [1.807, 2.05) is 30.3 Å². The summed E-state index contributed by atoms with van der Waals surface area (Å²) in [4.78, 5) is 12.1. The van der Waals surface area contributed by atoms with E-state index in [0.717, 1.165) is 5.56 Å². The Hall–Kier alpha value is -4.20. The van der Waals surface area contributed by atoms with E-state index < -0.39 is 11.8 Å². The summed E-state index contributed by atoms with van der Waals surface area (Å²) in [6, 6.07) is 20.1. The van der Waals surface area contributed by atoms with Crippen LogP contribution in [0.2, 0.25) is 0 Å². The Bertz CT molecular complexity index is 1160. The first-order chi connectivity index (χ1) is 14.6. The van der Waals surface area contributed by atoms with Crippen molar-refractivity contribution in [3.8, 4) is 28.7 Å². The molecule has 0 saturated heterocycles. The number of ether oxygens (including phenoxy) is 1. The van der Waals surface area contributed by atoms with Gasteiger partial charge in [0.1, 0.15) is 0 Å². The fourth-order valence-electron chi connectivity index (χ4n) is 2.77. The minimum atomic E-state index is -0.561. The molecule has 0 aliphatic carbocycles. The Morgan fingerprint density at radius 2 is 1.47 bits per heavy atom. The quantitative estimate of drug-likeness (QED) is 0.477. The second-order valence-corrected chi connectivity index (χ2v) is 6.28. The molecule has 0 spiro atoms.